The van der Waals surface area contributed by atoms with E-state index >= 15 is 0 Å². The van der Waals surface area contributed by atoms with Crippen molar-refractivity contribution in [2.24, 2.45) is 0 Å². The van der Waals surface area contributed by atoms with Gasteiger partial charge in [-0.05, 0) is 67.2 Å². The Labute approximate surface area is 133 Å². The number of esters is 1. The molecule has 0 spiro atoms. The van der Waals surface area contributed by atoms with E-state index in [9.17, 15) is 9.59 Å². The van der Waals surface area contributed by atoms with Gasteiger partial charge in [0.2, 0.25) is 0 Å². The molecule has 5 heteroatoms. The van der Waals surface area contributed by atoms with Crippen LogP contribution in [-0.4, -0.2) is 30.9 Å². The Hall–Kier alpha value is -1.36. The minimum Gasteiger partial charge on any atom is -0.464 e. The maximum absolute atomic E-state index is 12.1. The van der Waals surface area contributed by atoms with E-state index in [-0.39, 0.29) is 17.8 Å². The second-order valence-electron chi connectivity index (χ2n) is 5.18. The van der Waals surface area contributed by atoms with Crippen molar-refractivity contribution in [3.05, 3.63) is 28.2 Å². The SMILES string of the molecule is CCOC(=O)C1CCCCN1c1ccc(C(C)=O)c(Br)c1. The molecule has 1 aromatic carbocycles. The van der Waals surface area contributed by atoms with Crippen molar-refractivity contribution < 1.29 is 14.3 Å². The quantitative estimate of drug-likeness (QED) is 0.613. The molecule has 1 saturated heterocycles. The number of halogens is 1. The summed E-state index contributed by atoms with van der Waals surface area (Å²) in [7, 11) is 0. The number of hydrogen-bond donors (Lipinski definition) is 0. The second-order valence-corrected chi connectivity index (χ2v) is 6.03. The number of piperidine rings is 1. The highest BCUT2D eigenvalue weighted by Crippen LogP contribution is 2.29. The number of rotatable bonds is 4. The molecule has 0 aromatic heterocycles. The zero-order valence-corrected chi connectivity index (χ0v) is 14.0. The number of nitrogens with zero attached hydrogens (tertiary/aromatic N) is 1. The van der Waals surface area contributed by atoms with Crippen LogP contribution in [0.2, 0.25) is 0 Å². The van der Waals surface area contributed by atoms with Gasteiger partial charge in [-0.1, -0.05) is 0 Å². The Morgan fingerprint density at radius 1 is 1.38 bits per heavy atom. The molecule has 114 valence electrons. The molecule has 1 unspecified atom stereocenters. The van der Waals surface area contributed by atoms with Gasteiger partial charge in [0.1, 0.15) is 6.04 Å². The van der Waals surface area contributed by atoms with Gasteiger partial charge in [-0.15, -0.1) is 0 Å². The highest BCUT2D eigenvalue weighted by Gasteiger charge is 2.30. The molecule has 0 aliphatic carbocycles. The summed E-state index contributed by atoms with van der Waals surface area (Å²) in [5.74, 6) is -0.141. The van der Waals surface area contributed by atoms with Crippen LogP contribution < -0.4 is 4.90 Å². The van der Waals surface area contributed by atoms with Crippen molar-refractivity contribution in [3.8, 4) is 0 Å². The normalized spacial score (nSPS) is 18.4. The average Bonchev–Trinajstić information content (AvgIpc) is 2.47. The molecule has 1 aromatic rings. The van der Waals surface area contributed by atoms with Crippen LogP contribution in [0, 0.1) is 0 Å². The molecule has 2 rings (SSSR count). The lowest BCUT2D eigenvalue weighted by Gasteiger charge is -2.36. The molecular formula is C16H20BrNO3. The Morgan fingerprint density at radius 2 is 2.14 bits per heavy atom. The highest BCUT2D eigenvalue weighted by atomic mass is 79.9. The molecule has 0 radical (unpaired) electrons. The minimum absolute atomic E-state index is 0.0222. The topological polar surface area (TPSA) is 46.6 Å². The zero-order chi connectivity index (χ0) is 15.4. The first-order chi connectivity index (χ1) is 10.0. The van der Waals surface area contributed by atoms with Crippen LogP contribution in [0.3, 0.4) is 0 Å². The summed E-state index contributed by atoms with van der Waals surface area (Å²) < 4.78 is 5.94. The number of benzene rings is 1. The summed E-state index contributed by atoms with van der Waals surface area (Å²) in [5, 5.41) is 0. The van der Waals surface area contributed by atoms with Gasteiger partial charge in [0.15, 0.2) is 5.78 Å². The van der Waals surface area contributed by atoms with E-state index in [1.165, 1.54) is 0 Å². The number of Topliss-reactive ketones (excluding diaryl/α,β-unsaturated/α-hetero) is 1. The third kappa shape index (κ3) is 3.64. The van der Waals surface area contributed by atoms with Gasteiger partial charge in [0.25, 0.3) is 0 Å². The van der Waals surface area contributed by atoms with Crippen LogP contribution in [-0.2, 0) is 9.53 Å². The van der Waals surface area contributed by atoms with Crippen LogP contribution in [0.5, 0.6) is 0 Å². The van der Waals surface area contributed by atoms with Gasteiger partial charge in [-0.2, -0.15) is 0 Å². The number of ketones is 1. The van der Waals surface area contributed by atoms with E-state index in [1.54, 1.807) is 13.0 Å². The Bertz CT molecular complexity index is 544. The maximum atomic E-state index is 12.1. The molecule has 1 heterocycles. The molecule has 0 bridgehead atoms. The molecule has 1 aliphatic heterocycles. The summed E-state index contributed by atoms with van der Waals surface area (Å²) in [4.78, 5) is 25.7. The van der Waals surface area contributed by atoms with Gasteiger partial charge in [0, 0.05) is 22.3 Å². The predicted octanol–water partition coefficient (Wildman–Crippen LogP) is 3.57. The number of carbonyl (C=O) groups is 2. The van der Waals surface area contributed by atoms with Crippen LogP contribution in [0.4, 0.5) is 5.69 Å². The molecule has 1 aliphatic rings. The lowest BCUT2D eigenvalue weighted by Crippen LogP contribution is -2.45. The number of hydrogen-bond acceptors (Lipinski definition) is 4. The van der Waals surface area contributed by atoms with E-state index in [4.69, 9.17) is 4.74 Å². The van der Waals surface area contributed by atoms with Crippen LogP contribution in [0.15, 0.2) is 22.7 Å². The van der Waals surface area contributed by atoms with Crippen molar-refractivity contribution in [1.82, 2.24) is 0 Å². The second kappa shape index (κ2) is 7.07. The molecule has 0 amide bonds. The van der Waals surface area contributed by atoms with Crippen molar-refractivity contribution >= 4 is 33.4 Å². The number of carbonyl (C=O) groups excluding carboxylic acids is 2. The van der Waals surface area contributed by atoms with Crippen LogP contribution >= 0.6 is 15.9 Å². The van der Waals surface area contributed by atoms with E-state index in [2.05, 4.69) is 20.8 Å². The Balaban J connectivity index is 2.27. The molecule has 0 saturated carbocycles. The first-order valence-corrected chi connectivity index (χ1v) is 8.07. The largest absolute Gasteiger partial charge is 0.464 e. The number of ether oxygens (including phenoxy) is 1. The third-order valence-corrected chi connectivity index (χ3v) is 4.38. The van der Waals surface area contributed by atoms with E-state index in [0.29, 0.717) is 12.2 Å². The first kappa shape index (κ1) is 16.0. The molecule has 1 fully saturated rings. The summed E-state index contributed by atoms with van der Waals surface area (Å²) >= 11 is 3.44. The standard InChI is InChI=1S/C16H20BrNO3/c1-3-21-16(20)15-6-4-5-9-18(15)12-7-8-13(11(2)19)14(17)10-12/h7-8,10,15H,3-6,9H2,1-2H3. The fraction of sp³-hybridized carbons (Fsp3) is 0.500. The Morgan fingerprint density at radius 3 is 2.76 bits per heavy atom. The van der Waals surface area contributed by atoms with Crippen molar-refractivity contribution in [2.75, 3.05) is 18.1 Å². The van der Waals surface area contributed by atoms with Gasteiger partial charge >= 0.3 is 5.97 Å². The fourth-order valence-corrected chi connectivity index (χ4v) is 3.34. The highest BCUT2D eigenvalue weighted by molar-refractivity contribution is 9.10. The van der Waals surface area contributed by atoms with Gasteiger partial charge in [0.05, 0.1) is 6.61 Å². The Kier molecular flexibility index (Phi) is 5.39. The summed E-state index contributed by atoms with van der Waals surface area (Å²) in [6, 6.07) is 5.39. The zero-order valence-electron chi connectivity index (χ0n) is 12.4. The average molecular weight is 354 g/mol. The summed E-state index contributed by atoms with van der Waals surface area (Å²) in [6.45, 7) is 4.59. The minimum atomic E-state index is -0.228. The molecule has 1 atom stereocenters. The van der Waals surface area contributed by atoms with Crippen molar-refractivity contribution in [3.63, 3.8) is 0 Å². The summed E-state index contributed by atoms with van der Waals surface area (Å²) in [5.41, 5.74) is 1.60. The van der Waals surface area contributed by atoms with Gasteiger partial charge in [-0.3, -0.25) is 4.79 Å². The van der Waals surface area contributed by atoms with Crippen molar-refractivity contribution in [1.29, 1.82) is 0 Å². The third-order valence-electron chi connectivity index (χ3n) is 3.73. The lowest BCUT2D eigenvalue weighted by molar-refractivity contribution is -0.145. The van der Waals surface area contributed by atoms with Crippen LogP contribution in [0.25, 0.3) is 0 Å². The lowest BCUT2D eigenvalue weighted by atomic mass is 10.0. The monoisotopic (exact) mass is 353 g/mol. The maximum Gasteiger partial charge on any atom is 0.328 e. The van der Waals surface area contributed by atoms with Crippen molar-refractivity contribution in [2.45, 2.75) is 39.2 Å². The molecule has 0 N–H and O–H groups in total. The summed E-state index contributed by atoms with van der Waals surface area (Å²) in [6.07, 6.45) is 2.90. The van der Waals surface area contributed by atoms with E-state index in [0.717, 1.165) is 36.0 Å². The smallest absolute Gasteiger partial charge is 0.328 e. The molecule has 4 nitrogen and oxygen atoms in total. The number of anilines is 1. The fourth-order valence-electron chi connectivity index (χ4n) is 2.69. The van der Waals surface area contributed by atoms with E-state index < -0.39 is 0 Å². The molecule has 21 heavy (non-hydrogen) atoms. The van der Waals surface area contributed by atoms with Gasteiger partial charge < -0.3 is 9.64 Å². The van der Waals surface area contributed by atoms with E-state index in [1.807, 2.05) is 19.1 Å². The first-order valence-electron chi connectivity index (χ1n) is 7.28. The molecular weight excluding hydrogens is 334 g/mol. The predicted molar refractivity (Wildman–Crippen MR) is 85.8 cm³/mol. The van der Waals surface area contributed by atoms with Crippen LogP contribution in [0.1, 0.15) is 43.5 Å². The van der Waals surface area contributed by atoms with Gasteiger partial charge in [-0.25, -0.2) is 4.79 Å².